The van der Waals surface area contributed by atoms with Gasteiger partial charge in [-0.25, -0.2) is 0 Å². The molecule has 0 saturated carbocycles. The molecule has 0 aliphatic heterocycles. The molecule has 0 fully saturated rings. The van der Waals surface area contributed by atoms with Crippen molar-refractivity contribution in [3.05, 3.63) is 27.7 Å². The third-order valence-corrected chi connectivity index (χ3v) is 2.46. The van der Waals surface area contributed by atoms with Crippen LogP contribution in [0.4, 0.5) is 0 Å². The predicted octanol–water partition coefficient (Wildman–Crippen LogP) is 2.93. The maximum Gasteiger partial charge on any atom is 0.139 e. The monoisotopic (exact) mass is 234 g/mol. The van der Waals surface area contributed by atoms with Crippen LogP contribution < -0.4 is 4.74 Å². The van der Waals surface area contributed by atoms with E-state index in [2.05, 4.69) is 0 Å². The van der Waals surface area contributed by atoms with E-state index in [1.54, 1.807) is 19.1 Å². The molecule has 0 bridgehead atoms. The molecule has 0 amide bonds. The van der Waals surface area contributed by atoms with Crippen molar-refractivity contribution in [1.29, 1.82) is 0 Å². The first-order valence-electron chi connectivity index (χ1n) is 4.24. The summed E-state index contributed by atoms with van der Waals surface area (Å²) in [6.07, 6.45) is 0.0196. The lowest BCUT2D eigenvalue weighted by Gasteiger charge is -2.10. The molecule has 1 N–H and O–H groups in total. The van der Waals surface area contributed by atoms with E-state index < -0.39 is 6.10 Å². The minimum absolute atomic E-state index is 0.448. The highest BCUT2D eigenvalue weighted by molar-refractivity contribution is 6.34. The van der Waals surface area contributed by atoms with E-state index in [0.717, 1.165) is 5.56 Å². The van der Waals surface area contributed by atoms with E-state index >= 15 is 0 Å². The molecule has 1 unspecified atom stereocenters. The predicted molar refractivity (Wildman–Crippen MR) is 58.4 cm³/mol. The molecule has 78 valence electrons. The number of halogens is 2. The second-order valence-electron chi connectivity index (χ2n) is 3.13. The van der Waals surface area contributed by atoms with Crippen LogP contribution in [0.3, 0.4) is 0 Å². The minimum Gasteiger partial charge on any atom is -0.495 e. The Hall–Kier alpha value is -0.440. The molecule has 0 saturated heterocycles. The van der Waals surface area contributed by atoms with Crippen molar-refractivity contribution in [3.63, 3.8) is 0 Å². The first-order chi connectivity index (χ1) is 6.54. The molecule has 1 atom stereocenters. The van der Waals surface area contributed by atoms with Gasteiger partial charge in [0.15, 0.2) is 0 Å². The molecule has 0 aromatic heterocycles. The summed E-state index contributed by atoms with van der Waals surface area (Å²) in [5, 5.41) is 10.3. The number of aliphatic hydroxyl groups is 1. The van der Waals surface area contributed by atoms with Gasteiger partial charge in [-0.3, -0.25) is 0 Å². The average Bonchev–Trinajstić information content (AvgIpc) is 2.09. The zero-order valence-corrected chi connectivity index (χ0v) is 9.56. The van der Waals surface area contributed by atoms with Gasteiger partial charge >= 0.3 is 0 Å². The van der Waals surface area contributed by atoms with Crippen LogP contribution in [0.1, 0.15) is 12.5 Å². The van der Waals surface area contributed by atoms with Crippen LogP contribution in [0.15, 0.2) is 12.1 Å². The summed E-state index contributed by atoms with van der Waals surface area (Å²) in [5.74, 6) is 0.537. The van der Waals surface area contributed by atoms with Gasteiger partial charge in [0.2, 0.25) is 0 Å². The SMILES string of the molecule is COc1cc(Cl)cc(CC(C)O)c1Cl. The first kappa shape index (κ1) is 11.6. The zero-order valence-electron chi connectivity index (χ0n) is 8.05. The minimum atomic E-state index is -0.448. The number of methoxy groups -OCH3 is 1. The fourth-order valence-corrected chi connectivity index (χ4v) is 1.73. The fraction of sp³-hybridized carbons (Fsp3) is 0.400. The van der Waals surface area contributed by atoms with E-state index in [9.17, 15) is 5.11 Å². The van der Waals surface area contributed by atoms with Gasteiger partial charge in [0, 0.05) is 11.1 Å². The van der Waals surface area contributed by atoms with E-state index in [-0.39, 0.29) is 0 Å². The topological polar surface area (TPSA) is 29.5 Å². The highest BCUT2D eigenvalue weighted by Crippen LogP contribution is 2.32. The Morgan fingerprint density at radius 1 is 1.43 bits per heavy atom. The van der Waals surface area contributed by atoms with E-state index in [4.69, 9.17) is 27.9 Å². The lowest BCUT2D eigenvalue weighted by atomic mass is 10.1. The van der Waals surface area contributed by atoms with Crippen molar-refractivity contribution >= 4 is 23.2 Å². The lowest BCUT2D eigenvalue weighted by Crippen LogP contribution is -2.05. The van der Waals surface area contributed by atoms with Crippen LogP contribution in [0.5, 0.6) is 5.75 Å². The Labute approximate surface area is 93.4 Å². The molecule has 0 spiro atoms. The Balaban J connectivity index is 3.08. The van der Waals surface area contributed by atoms with Crippen molar-refractivity contribution in [2.75, 3.05) is 7.11 Å². The van der Waals surface area contributed by atoms with Crippen molar-refractivity contribution in [2.24, 2.45) is 0 Å². The van der Waals surface area contributed by atoms with E-state index in [1.165, 1.54) is 7.11 Å². The third-order valence-electron chi connectivity index (χ3n) is 1.81. The molecule has 1 aromatic carbocycles. The van der Waals surface area contributed by atoms with Gasteiger partial charge in [-0.1, -0.05) is 23.2 Å². The van der Waals surface area contributed by atoms with Gasteiger partial charge in [0.1, 0.15) is 5.75 Å². The van der Waals surface area contributed by atoms with E-state index in [1.807, 2.05) is 0 Å². The number of hydrogen-bond acceptors (Lipinski definition) is 2. The van der Waals surface area contributed by atoms with Gasteiger partial charge in [-0.15, -0.1) is 0 Å². The summed E-state index contributed by atoms with van der Waals surface area (Å²) in [7, 11) is 1.53. The van der Waals surface area contributed by atoms with Gasteiger partial charge in [0.05, 0.1) is 18.2 Å². The maximum absolute atomic E-state index is 9.24. The van der Waals surface area contributed by atoms with Crippen molar-refractivity contribution in [1.82, 2.24) is 0 Å². The van der Waals surface area contributed by atoms with E-state index in [0.29, 0.717) is 22.2 Å². The summed E-state index contributed by atoms with van der Waals surface area (Å²) >= 11 is 11.9. The normalized spacial score (nSPS) is 12.6. The summed E-state index contributed by atoms with van der Waals surface area (Å²) in [6.45, 7) is 1.70. The quantitative estimate of drug-likeness (QED) is 0.872. The smallest absolute Gasteiger partial charge is 0.139 e. The Bertz CT molecular complexity index is 324. The third kappa shape index (κ3) is 2.77. The van der Waals surface area contributed by atoms with Crippen LogP contribution in [-0.2, 0) is 6.42 Å². The first-order valence-corrected chi connectivity index (χ1v) is 5.00. The highest BCUT2D eigenvalue weighted by atomic mass is 35.5. The molecule has 0 aliphatic rings. The van der Waals surface area contributed by atoms with Crippen LogP contribution in [0, 0.1) is 0 Å². The lowest BCUT2D eigenvalue weighted by molar-refractivity contribution is 0.195. The molecule has 14 heavy (non-hydrogen) atoms. The summed E-state index contributed by atoms with van der Waals surface area (Å²) in [4.78, 5) is 0. The fourth-order valence-electron chi connectivity index (χ4n) is 1.23. The Kier molecular flexibility index (Phi) is 4.05. The number of ether oxygens (including phenoxy) is 1. The molecular weight excluding hydrogens is 223 g/mol. The van der Waals surface area contributed by atoms with Gasteiger partial charge in [-0.05, 0) is 25.0 Å². The highest BCUT2D eigenvalue weighted by Gasteiger charge is 2.10. The maximum atomic E-state index is 9.24. The molecule has 0 heterocycles. The number of benzene rings is 1. The van der Waals surface area contributed by atoms with Crippen LogP contribution in [0.2, 0.25) is 10.0 Å². The largest absolute Gasteiger partial charge is 0.495 e. The van der Waals surface area contributed by atoms with Gasteiger partial charge in [-0.2, -0.15) is 0 Å². The second-order valence-corrected chi connectivity index (χ2v) is 3.95. The van der Waals surface area contributed by atoms with Crippen LogP contribution >= 0.6 is 23.2 Å². The summed E-state index contributed by atoms with van der Waals surface area (Å²) in [5.41, 5.74) is 0.797. The molecule has 0 radical (unpaired) electrons. The molecular formula is C10H12Cl2O2. The van der Waals surface area contributed by atoms with Crippen LogP contribution in [0.25, 0.3) is 0 Å². The standard InChI is InChI=1S/C10H12Cl2O2/c1-6(13)3-7-4-8(11)5-9(14-2)10(7)12/h4-6,13H,3H2,1-2H3. The molecule has 1 rings (SSSR count). The van der Waals surface area contributed by atoms with Crippen LogP contribution in [-0.4, -0.2) is 18.3 Å². The summed E-state index contributed by atoms with van der Waals surface area (Å²) in [6, 6.07) is 3.38. The Morgan fingerprint density at radius 2 is 2.07 bits per heavy atom. The van der Waals surface area contributed by atoms with Crippen molar-refractivity contribution < 1.29 is 9.84 Å². The van der Waals surface area contributed by atoms with Crippen molar-refractivity contribution in [2.45, 2.75) is 19.4 Å². The number of aliphatic hydroxyl groups excluding tert-OH is 1. The molecule has 1 aromatic rings. The van der Waals surface area contributed by atoms with Gasteiger partial charge < -0.3 is 9.84 Å². The molecule has 0 aliphatic carbocycles. The Morgan fingerprint density at radius 3 is 2.57 bits per heavy atom. The van der Waals surface area contributed by atoms with Gasteiger partial charge in [0.25, 0.3) is 0 Å². The number of hydrogen-bond donors (Lipinski definition) is 1. The molecule has 4 heteroatoms. The zero-order chi connectivity index (χ0) is 10.7. The second kappa shape index (κ2) is 4.87. The molecule has 2 nitrogen and oxygen atoms in total. The summed E-state index contributed by atoms with van der Waals surface area (Å²) < 4.78 is 5.05. The number of rotatable bonds is 3. The average molecular weight is 235 g/mol. The van der Waals surface area contributed by atoms with Crippen molar-refractivity contribution in [3.8, 4) is 5.75 Å².